The van der Waals surface area contributed by atoms with Crippen molar-refractivity contribution >= 4 is 29.2 Å². The number of nitrogens with one attached hydrogen (secondary N) is 1. The third-order valence-corrected chi connectivity index (χ3v) is 4.19. The van der Waals surface area contributed by atoms with Crippen LogP contribution >= 0.6 is 11.6 Å². The largest absolute Gasteiger partial charge is 0.489 e. The van der Waals surface area contributed by atoms with Crippen LogP contribution in [0.4, 0.5) is 5.69 Å². The van der Waals surface area contributed by atoms with E-state index in [-0.39, 0.29) is 10.7 Å². The van der Waals surface area contributed by atoms with Gasteiger partial charge in [-0.25, -0.2) is 9.78 Å². The zero-order chi connectivity index (χ0) is 20.6. The highest BCUT2D eigenvalue weighted by Gasteiger charge is 2.19. The zero-order valence-electron chi connectivity index (χ0n) is 15.7. The number of esters is 1. The maximum Gasteiger partial charge on any atom is 0.339 e. The number of anilines is 1. The number of pyridine rings is 1. The number of carbonyl (C=O) groups is 2. The molecule has 0 fully saturated rings. The molecule has 0 aliphatic carbocycles. The number of rotatable bonds is 7. The average Bonchev–Trinajstić information content (AvgIpc) is 2.74. The third kappa shape index (κ3) is 6.05. The van der Waals surface area contributed by atoms with Gasteiger partial charge in [0, 0.05) is 11.9 Å². The molecule has 1 heterocycles. The van der Waals surface area contributed by atoms with Crippen LogP contribution < -0.4 is 10.1 Å². The minimum atomic E-state index is -0.983. The standard InChI is InChI=1S/C22H19ClN2O4/c1-15(29-22(27)17-11-12-24-20(23)13-17)21(26)25-18-7-9-19(10-8-18)28-14-16-5-3-2-4-6-16/h2-13,15H,14H2,1H3,(H,25,26). The summed E-state index contributed by atoms with van der Waals surface area (Å²) in [4.78, 5) is 28.2. The van der Waals surface area contributed by atoms with Gasteiger partial charge in [-0.05, 0) is 48.9 Å². The monoisotopic (exact) mass is 410 g/mol. The van der Waals surface area contributed by atoms with Gasteiger partial charge in [0.1, 0.15) is 17.5 Å². The molecule has 1 atom stereocenters. The molecule has 0 aliphatic rings. The van der Waals surface area contributed by atoms with Gasteiger partial charge in [-0.2, -0.15) is 0 Å². The minimum Gasteiger partial charge on any atom is -0.489 e. The van der Waals surface area contributed by atoms with E-state index in [1.807, 2.05) is 30.3 Å². The molecule has 1 amide bonds. The number of ether oxygens (including phenoxy) is 2. The van der Waals surface area contributed by atoms with E-state index in [1.54, 1.807) is 24.3 Å². The van der Waals surface area contributed by atoms with Crippen molar-refractivity contribution in [2.24, 2.45) is 0 Å². The lowest BCUT2D eigenvalue weighted by Crippen LogP contribution is -2.30. The quantitative estimate of drug-likeness (QED) is 0.458. The van der Waals surface area contributed by atoms with Crippen LogP contribution in [0.2, 0.25) is 5.15 Å². The summed E-state index contributed by atoms with van der Waals surface area (Å²) in [5.41, 5.74) is 1.86. The predicted molar refractivity (Wildman–Crippen MR) is 110 cm³/mol. The Morgan fingerprint density at radius 2 is 1.79 bits per heavy atom. The van der Waals surface area contributed by atoms with Crippen molar-refractivity contribution in [3.63, 3.8) is 0 Å². The van der Waals surface area contributed by atoms with Gasteiger partial charge in [0.2, 0.25) is 0 Å². The number of hydrogen-bond acceptors (Lipinski definition) is 5. The van der Waals surface area contributed by atoms with Crippen molar-refractivity contribution in [3.05, 3.63) is 89.2 Å². The van der Waals surface area contributed by atoms with Crippen molar-refractivity contribution < 1.29 is 19.1 Å². The summed E-state index contributed by atoms with van der Waals surface area (Å²) in [6, 6.07) is 19.6. The van der Waals surface area contributed by atoms with Crippen molar-refractivity contribution in [2.75, 3.05) is 5.32 Å². The van der Waals surface area contributed by atoms with Gasteiger partial charge in [-0.15, -0.1) is 0 Å². The van der Waals surface area contributed by atoms with E-state index in [1.165, 1.54) is 25.3 Å². The van der Waals surface area contributed by atoms with Crippen LogP contribution in [0.15, 0.2) is 72.9 Å². The van der Waals surface area contributed by atoms with Gasteiger partial charge in [-0.3, -0.25) is 4.79 Å². The summed E-state index contributed by atoms with van der Waals surface area (Å²) < 4.78 is 10.9. The maximum absolute atomic E-state index is 12.3. The van der Waals surface area contributed by atoms with Crippen molar-refractivity contribution in [2.45, 2.75) is 19.6 Å². The molecule has 6 nitrogen and oxygen atoms in total. The number of aromatic nitrogens is 1. The summed E-state index contributed by atoms with van der Waals surface area (Å²) in [5.74, 6) is -0.418. The summed E-state index contributed by atoms with van der Waals surface area (Å²) in [7, 11) is 0. The molecule has 7 heteroatoms. The molecule has 1 N–H and O–H groups in total. The minimum absolute atomic E-state index is 0.172. The fourth-order valence-electron chi connectivity index (χ4n) is 2.43. The van der Waals surface area contributed by atoms with Crippen LogP contribution in [0.5, 0.6) is 5.75 Å². The molecule has 148 valence electrons. The molecule has 0 aliphatic heterocycles. The molecule has 0 saturated heterocycles. The molecule has 1 unspecified atom stereocenters. The summed E-state index contributed by atoms with van der Waals surface area (Å²) in [6.45, 7) is 1.95. The number of amides is 1. The van der Waals surface area contributed by atoms with Crippen molar-refractivity contribution in [1.29, 1.82) is 0 Å². The fraction of sp³-hybridized carbons (Fsp3) is 0.136. The number of nitrogens with zero attached hydrogens (tertiary/aromatic N) is 1. The molecule has 2 aromatic carbocycles. The van der Waals surface area contributed by atoms with Crippen molar-refractivity contribution in [1.82, 2.24) is 4.98 Å². The SMILES string of the molecule is CC(OC(=O)c1ccnc(Cl)c1)C(=O)Nc1ccc(OCc2ccccc2)cc1. The molecule has 29 heavy (non-hydrogen) atoms. The second-order valence-corrected chi connectivity index (χ2v) is 6.59. The van der Waals surface area contributed by atoms with Gasteiger partial charge >= 0.3 is 5.97 Å². The Bertz CT molecular complexity index is 978. The van der Waals surface area contributed by atoms with Gasteiger partial charge in [0.25, 0.3) is 5.91 Å². The van der Waals surface area contributed by atoms with Gasteiger partial charge in [-0.1, -0.05) is 41.9 Å². The highest BCUT2D eigenvalue weighted by Crippen LogP contribution is 2.18. The smallest absolute Gasteiger partial charge is 0.339 e. The first-order valence-electron chi connectivity index (χ1n) is 8.91. The Balaban J connectivity index is 1.51. The van der Waals surface area contributed by atoms with E-state index in [0.717, 1.165) is 5.56 Å². The molecular formula is C22H19ClN2O4. The third-order valence-electron chi connectivity index (χ3n) is 3.99. The maximum atomic E-state index is 12.3. The molecule has 0 bridgehead atoms. The van der Waals surface area contributed by atoms with Crippen LogP contribution in [-0.4, -0.2) is 23.0 Å². The van der Waals surface area contributed by atoms with E-state index in [4.69, 9.17) is 21.1 Å². The normalized spacial score (nSPS) is 11.4. The molecular weight excluding hydrogens is 392 g/mol. The van der Waals surface area contributed by atoms with Crippen LogP contribution in [0.3, 0.4) is 0 Å². The highest BCUT2D eigenvalue weighted by atomic mass is 35.5. The van der Waals surface area contributed by atoms with E-state index < -0.39 is 18.0 Å². The van der Waals surface area contributed by atoms with E-state index in [0.29, 0.717) is 18.0 Å². The first-order valence-corrected chi connectivity index (χ1v) is 9.29. The lowest BCUT2D eigenvalue weighted by atomic mass is 10.2. The highest BCUT2D eigenvalue weighted by molar-refractivity contribution is 6.29. The van der Waals surface area contributed by atoms with Crippen LogP contribution in [0.25, 0.3) is 0 Å². The Kier molecular flexibility index (Phi) is 6.81. The molecule has 0 saturated carbocycles. The number of carbonyl (C=O) groups excluding carboxylic acids is 2. The first kappa shape index (κ1) is 20.4. The fourth-order valence-corrected chi connectivity index (χ4v) is 2.60. The lowest BCUT2D eigenvalue weighted by Gasteiger charge is -2.14. The summed E-state index contributed by atoms with van der Waals surface area (Å²) in [6.07, 6.45) is 0.411. The van der Waals surface area contributed by atoms with E-state index in [2.05, 4.69) is 10.3 Å². The van der Waals surface area contributed by atoms with Gasteiger partial charge in [0.05, 0.1) is 5.56 Å². The molecule has 3 rings (SSSR count). The van der Waals surface area contributed by atoms with Crippen LogP contribution in [-0.2, 0) is 16.1 Å². The molecule has 3 aromatic rings. The van der Waals surface area contributed by atoms with Gasteiger partial charge < -0.3 is 14.8 Å². The Hall–Kier alpha value is -3.38. The first-order chi connectivity index (χ1) is 14.0. The summed E-state index contributed by atoms with van der Waals surface area (Å²) >= 11 is 5.76. The Morgan fingerprint density at radius 1 is 1.07 bits per heavy atom. The van der Waals surface area contributed by atoms with Crippen LogP contribution in [0, 0.1) is 0 Å². The van der Waals surface area contributed by atoms with Crippen LogP contribution in [0.1, 0.15) is 22.8 Å². The Morgan fingerprint density at radius 3 is 2.48 bits per heavy atom. The lowest BCUT2D eigenvalue weighted by molar-refractivity contribution is -0.123. The number of halogens is 1. The summed E-state index contributed by atoms with van der Waals surface area (Å²) in [5, 5.41) is 2.87. The number of benzene rings is 2. The Labute approximate surface area is 173 Å². The molecule has 0 radical (unpaired) electrons. The van der Waals surface area contributed by atoms with Crippen molar-refractivity contribution in [3.8, 4) is 5.75 Å². The van der Waals surface area contributed by atoms with Gasteiger partial charge in [0.15, 0.2) is 6.10 Å². The number of hydrogen-bond donors (Lipinski definition) is 1. The average molecular weight is 411 g/mol. The zero-order valence-corrected chi connectivity index (χ0v) is 16.4. The second kappa shape index (κ2) is 9.71. The van der Waals surface area contributed by atoms with E-state index >= 15 is 0 Å². The topological polar surface area (TPSA) is 77.5 Å². The predicted octanol–water partition coefficient (Wildman–Crippen LogP) is 4.50. The van der Waals surface area contributed by atoms with E-state index in [9.17, 15) is 9.59 Å². The second-order valence-electron chi connectivity index (χ2n) is 6.20. The molecule has 1 aromatic heterocycles. The molecule has 0 spiro atoms.